The minimum absolute atomic E-state index is 0.119. The molecule has 4 aliphatic rings. The molecule has 0 spiro atoms. The van der Waals surface area contributed by atoms with E-state index in [0.717, 1.165) is 48.3 Å². The van der Waals surface area contributed by atoms with Crippen LogP contribution in [0.5, 0.6) is 0 Å². The summed E-state index contributed by atoms with van der Waals surface area (Å²) in [5, 5.41) is 0. The molecule has 0 aromatic heterocycles. The van der Waals surface area contributed by atoms with Crippen molar-refractivity contribution in [3.05, 3.63) is 24.3 Å². The fourth-order valence-corrected chi connectivity index (χ4v) is 6.38. The van der Waals surface area contributed by atoms with Crippen LogP contribution >= 0.6 is 0 Å². The van der Waals surface area contributed by atoms with Gasteiger partial charge < -0.3 is 4.74 Å². The Morgan fingerprint density at radius 3 is 2.64 bits per heavy atom. The van der Waals surface area contributed by atoms with Crippen molar-refractivity contribution in [3.63, 3.8) is 0 Å². The van der Waals surface area contributed by atoms with Crippen LogP contribution in [0.25, 0.3) is 0 Å². The molecule has 120 valence electrons. The number of rotatable bonds is 5. The maximum atomic E-state index is 12.0. The summed E-state index contributed by atoms with van der Waals surface area (Å²) >= 11 is 0. The van der Waals surface area contributed by atoms with E-state index in [-0.39, 0.29) is 12.1 Å². The van der Waals surface area contributed by atoms with Gasteiger partial charge in [-0.05, 0) is 74.0 Å². The molecular weight excluding hydrogens is 272 g/mol. The minimum Gasteiger partial charge on any atom is -0.459 e. The molecule has 0 aromatic rings. The van der Waals surface area contributed by atoms with Crippen LogP contribution < -0.4 is 0 Å². The molecule has 0 aliphatic heterocycles. The molecule has 3 saturated carbocycles. The highest BCUT2D eigenvalue weighted by molar-refractivity contribution is 5.87. The standard InChI is InChI=1S/C20H28O2/c1-4-5-17(22-20(21)11(2)3)15-9-14-10-16(15)19-13-7-6-12(8-13)18(14)19/h6-7,12-19H,2,4-5,8-10H2,1,3H3. The molecule has 0 amide bonds. The monoisotopic (exact) mass is 300 g/mol. The van der Waals surface area contributed by atoms with Crippen LogP contribution in [0.3, 0.4) is 0 Å². The predicted molar refractivity (Wildman–Crippen MR) is 87.0 cm³/mol. The molecule has 0 heterocycles. The van der Waals surface area contributed by atoms with Gasteiger partial charge in [0.05, 0.1) is 0 Å². The quantitative estimate of drug-likeness (QED) is 0.326. The van der Waals surface area contributed by atoms with Crippen LogP contribution in [0, 0.1) is 41.4 Å². The van der Waals surface area contributed by atoms with Crippen molar-refractivity contribution < 1.29 is 9.53 Å². The average molecular weight is 300 g/mol. The van der Waals surface area contributed by atoms with Crippen LogP contribution in [0.1, 0.15) is 46.0 Å². The van der Waals surface area contributed by atoms with E-state index in [1.54, 1.807) is 6.92 Å². The molecule has 2 nitrogen and oxygen atoms in total. The Morgan fingerprint density at radius 1 is 1.23 bits per heavy atom. The van der Waals surface area contributed by atoms with Gasteiger partial charge in [-0.15, -0.1) is 0 Å². The number of esters is 1. The maximum absolute atomic E-state index is 12.0. The van der Waals surface area contributed by atoms with Crippen molar-refractivity contribution in [1.29, 1.82) is 0 Å². The third-order valence-corrected chi connectivity index (χ3v) is 6.98. The Hall–Kier alpha value is -1.05. The third kappa shape index (κ3) is 2.02. The Balaban J connectivity index is 1.52. The van der Waals surface area contributed by atoms with Gasteiger partial charge in [0.25, 0.3) is 0 Å². The normalized spacial score (nSPS) is 45.1. The number of allylic oxidation sites excluding steroid dienone is 2. The van der Waals surface area contributed by atoms with Gasteiger partial charge in [-0.1, -0.05) is 32.1 Å². The molecule has 4 aliphatic carbocycles. The van der Waals surface area contributed by atoms with E-state index in [9.17, 15) is 4.79 Å². The van der Waals surface area contributed by atoms with E-state index in [2.05, 4.69) is 25.7 Å². The lowest BCUT2D eigenvalue weighted by molar-refractivity contribution is -0.149. The van der Waals surface area contributed by atoms with Gasteiger partial charge in [0.1, 0.15) is 6.10 Å². The second kappa shape index (κ2) is 5.25. The van der Waals surface area contributed by atoms with Crippen LogP contribution in [0.4, 0.5) is 0 Å². The molecule has 8 unspecified atom stereocenters. The topological polar surface area (TPSA) is 26.3 Å². The van der Waals surface area contributed by atoms with Gasteiger partial charge in [-0.25, -0.2) is 4.79 Å². The first-order valence-corrected chi connectivity index (χ1v) is 9.15. The zero-order chi connectivity index (χ0) is 15.4. The lowest BCUT2D eigenvalue weighted by Gasteiger charge is -2.39. The summed E-state index contributed by atoms with van der Waals surface area (Å²) in [6, 6.07) is 0. The third-order valence-electron chi connectivity index (χ3n) is 6.98. The van der Waals surface area contributed by atoms with Gasteiger partial charge in [0.15, 0.2) is 0 Å². The predicted octanol–water partition coefficient (Wildman–Crippen LogP) is 4.37. The van der Waals surface area contributed by atoms with Gasteiger partial charge in [-0.3, -0.25) is 0 Å². The summed E-state index contributed by atoms with van der Waals surface area (Å²) in [4.78, 5) is 12.0. The Bertz CT molecular complexity index is 520. The highest BCUT2D eigenvalue weighted by Crippen LogP contribution is 2.67. The fraction of sp³-hybridized carbons (Fsp3) is 0.750. The average Bonchev–Trinajstić information content (AvgIpc) is 3.24. The van der Waals surface area contributed by atoms with Crippen molar-refractivity contribution in [2.75, 3.05) is 0 Å². The fourth-order valence-electron chi connectivity index (χ4n) is 6.38. The lowest BCUT2D eigenvalue weighted by atomic mass is 9.67. The lowest BCUT2D eigenvalue weighted by Crippen LogP contribution is -2.38. The van der Waals surface area contributed by atoms with E-state index in [4.69, 9.17) is 4.74 Å². The summed E-state index contributed by atoms with van der Waals surface area (Å²) in [5.41, 5.74) is 0.532. The van der Waals surface area contributed by atoms with Crippen molar-refractivity contribution in [2.45, 2.75) is 52.1 Å². The first kappa shape index (κ1) is 14.5. The van der Waals surface area contributed by atoms with Crippen molar-refractivity contribution in [2.24, 2.45) is 41.4 Å². The molecule has 0 aromatic carbocycles. The summed E-state index contributed by atoms with van der Waals surface area (Å²) < 4.78 is 5.86. The molecule has 0 saturated heterocycles. The smallest absolute Gasteiger partial charge is 0.333 e. The van der Waals surface area contributed by atoms with Gasteiger partial charge in [-0.2, -0.15) is 0 Å². The van der Waals surface area contributed by atoms with Gasteiger partial charge >= 0.3 is 5.97 Å². The van der Waals surface area contributed by atoms with Crippen molar-refractivity contribution in [1.82, 2.24) is 0 Å². The van der Waals surface area contributed by atoms with E-state index in [1.807, 2.05) is 0 Å². The van der Waals surface area contributed by atoms with Crippen molar-refractivity contribution in [3.8, 4) is 0 Å². The van der Waals surface area contributed by atoms with E-state index in [0.29, 0.717) is 11.5 Å². The second-order valence-electron chi connectivity index (χ2n) is 8.17. The maximum Gasteiger partial charge on any atom is 0.333 e. The van der Waals surface area contributed by atoms with Crippen LogP contribution in [0.2, 0.25) is 0 Å². The molecule has 22 heavy (non-hydrogen) atoms. The van der Waals surface area contributed by atoms with Crippen LogP contribution in [-0.2, 0) is 9.53 Å². The summed E-state index contributed by atoms with van der Waals surface area (Å²) in [6.45, 7) is 7.69. The molecular formula is C20H28O2. The van der Waals surface area contributed by atoms with E-state index in [1.165, 1.54) is 19.3 Å². The molecule has 8 atom stereocenters. The summed E-state index contributed by atoms with van der Waals surface area (Å²) in [6.07, 6.45) is 11.3. The molecule has 2 heteroatoms. The summed E-state index contributed by atoms with van der Waals surface area (Å²) in [7, 11) is 0. The number of ether oxygens (including phenoxy) is 1. The second-order valence-corrected chi connectivity index (χ2v) is 8.17. The molecule has 4 rings (SSSR count). The van der Waals surface area contributed by atoms with E-state index >= 15 is 0 Å². The first-order chi connectivity index (χ1) is 10.6. The van der Waals surface area contributed by atoms with Crippen molar-refractivity contribution >= 4 is 5.97 Å². The van der Waals surface area contributed by atoms with E-state index < -0.39 is 0 Å². The largest absolute Gasteiger partial charge is 0.459 e. The zero-order valence-corrected chi connectivity index (χ0v) is 13.8. The minimum atomic E-state index is -0.189. The van der Waals surface area contributed by atoms with Gasteiger partial charge in [0, 0.05) is 5.57 Å². The summed E-state index contributed by atoms with van der Waals surface area (Å²) in [5.74, 6) is 5.64. The SMILES string of the molecule is C=C(C)C(=O)OC(CCC)C1CC2CC1C1C3C=CC(C3)C21. The molecule has 4 bridgehead atoms. The van der Waals surface area contributed by atoms with Gasteiger partial charge in [0.2, 0.25) is 0 Å². The van der Waals surface area contributed by atoms with Crippen LogP contribution in [-0.4, -0.2) is 12.1 Å². The Morgan fingerprint density at radius 2 is 1.95 bits per heavy atom. The highest BCUT2D eigenvalue weighted by atomic mass is 16.5. The van der Waals surface area contributed by atoms with Crippen LogP contribution in [0.15, 0.2) is 24.3 Å². The molecule has 0 radical (unpaired) electrons. The first-order valence-electron chi connectivity index (χ1n) is 9.15. The number of hydrogen-bond donors (Lipinski definition) is 0. The number of carbonyl (C=O) groups excluding carboxylic acids is 1. The number of fused-ring (bicyclic) bond motifs is 9. The zero-order valence-electron chi connectivity index (χ0n) is 13.8. The molecule has 0 N–H and O–H groups in total. The highest BCUT2D eigenvalue weighted by Gasteiger charge is 2.62. The molecule has 3 fully saturated rings. The Labute approximate surface area is 134 Å². The Kier molecular flexibility index (Phi) is 3.47. The number of hydrogen-bond acceptors (Lipinski definition) is 2. The number of carbonyl (C=O) groups is 1.